The minimum atomic E-state index is 0.848. The second kappa shape index (κ2) is 3.24. The highest BCUT2D eigenvalue weighted by molar-refractivity contribution is 5.63. The molecule has 0 saturated carbocycles. The maximum atomic E-state index is 5.23. The maximum Gasteiger partial charge on any atom is 0.133 e. The third kappa shape index (κ3) is 1.43. The van der Waals surface area contributed by atoms with Crippen LogP contribution in [0.4, 0.5) is 0 Å². The Kier molecular flexibility index (Phi) is 2.32. The summed E-state index contributed by atoms with van der Waals surface area (Å²) >= 11 is 0. The zero-order valence-corrected chi connectivity index (χ0v) is 6.92. The second-order valence-corrected chi connectivity index (χ2v) is 2.40. The van der Waals surface area contributed by atoms with Gasteiger partial charge in [-0.1, -0.05) is 18.7 Å². The third-order valence-corrected chi connectivity index (χ3v) is 1.57. The quantitative estimate of drug-likeness (QED) is 0.627. The molecule has 1 rings (SSSR count). The molecular formula is C10H12O. The maximum absolute atomic E-state index is 5.23. The molecule has 1 aromatic rings. The Morgan fingerprint density at radius 2 is 2.27 bits per heavy atom. The molecule has 1 heterocycles. The lowest BCUT2D eigenvalue weighted by Gasteiger charge is -1.89. The van der Waals surface area contributed by atoms with Crippen molar-refractivity contribution < 1.29 is 4.42 Å². The van der Waals surface area contributed by atoms with E-state index in [4.69, 9.17) is 4.42 Å². The summed E-state index contributed by atoms with van der Waals surface area (Å²) < 4.78 is 5.23. The van der Waals surface area contributed by atoms with Crippen molar-refractivity contribution in [2.75, 3.05) is 0 Å². The second-order valence-electron chi connectivity index (χ2n) is 2.40. The average molecular weight is 148 g/mol. The summed E-state index contributed by atoms with van der Waals surface area (Å²) in [5, 5.41) is 0. The first-order chi connectivity index (χ1) is 5.29. The van der Waals surface area contributed by atoms with Crippen LogP contribution in [0.5, 0.6) is 0 Å². The first-order valence-corrected chi connectivity index (χ1v) is 3.62. The van der Waals surface area contributed by atoms with Crippen molar-refractivity contribution in [3.05, 3.63) is 35.8 Å². The van der Waals surface area contributed by atoms with Gasteiger partial charge in [0.15, 0.2) is 0 Å². The van der Waals surface area contributed by atoms with Gasteiger partial charge in [-0.05, 0) is 25.5 Å². The Balaban J connectivity index is 3.17. The summed E-state index contributed by atoms with van der Waals surface area (Å²) in [4.78, 5) is 0. The fourth-order valence-electron chi connectivity index (χ4n) is 1.01. The molecule has 0 bridgehead atoms. The Hall–Kier alpha value is -1.24. The van der Waals surface area contributed by atoms with Crippen LogP contribution in [-0.4, -0.2) is 0 Å². The minimum Gasteiger partial charge on any atom is -0.464 e. The van der Waals surface area contributed by atoms with Crippen molar-refractivity contribution in [3.63, 3.8) is 0 Å². The number of hydrogen-bond acceptors (Lipinski definition) is 1. The highest BCUT2D eigenvalue weighted by atomic mass is 16.3. The van der Waals surface area contributed by atoms with Crippen LogP contribution in [-0.2, 0) is 0 Å². The fourth-order valence-corrected chi connectivity index (χ4v) is 1.01. The van der Waals surface area contributed by atoms with Crippen LogP contribution in [0.15, 0.2) is 23.3 Å². The largest absolute Gasteiger partial charge is 0.464 e. The van der Waals surface area contributed by atoms with E-state index in [0.717, 1.165) is 16.9 Å². The average Bonchev–Trinajstić information content (AvgIpc) is 2.34. The molecule has 0 spiro atoms. The third-order valence-electron chi connectivity index (χ3n) is 1.57. The molecule has 0 N–H and O–H groups in total. The molecule has 0 fully saturated rings. The van der Waals surface area contributed by atoms with Gasteiger partial charge in [-0.15, -0.1) is 0 Å². The van der Waals surface area contributed by atoms with Crippen LogP contribution in [0.1, 0.15) is 23.8 Å². The number of furan rings is 1. The van der Waals surface area contributed by atoms with Gasteiger partial charge in [-0.2, -0.15) is 0 Å². The zero-order valence-electron chi connectivity index (χ0n) is 6.92. The molecule has 0 atom stereocenters. The van der Waals surface area contributed by atoms with Gasteiger partial charge in [0, 0.05) is 5.56 Å². The highest BCUT2D eigenvalue weighted by Gasteiger charge is 2.02. The number of allylic oxidation sites excluding steroid dienone is 1. The molecule has 58 valence electrons. The molecule has 0 saturated heterocycles. The Bertz CT molecular complexity index is 279. The molecule has 0 amide bonds. The van der Waals surface area contributed by atoms with E-state index >= 15 is 0 Å². The number of aryl methyl sites for hydroxylation is 1. The fraction of sp³-hybridized carbons (Fsp3) is 0.200. The summed E-state index contributed by atoms with van der Waals surface area (Å²) in [6.07, 6.45) is 7.48. The molecule has 0 aliphatic heterocycles. The van der Waals surface area contributed by atoms with Gasteiger partial charge < -0.3 is 4.42 Å². The van der Waals surface area contributed by atoms with Crippen LogP contribution >= 0.6 is 0 Å². The van der Waals surface area contributed by atoms with Gasteiger partial charge in [0.2, 0.25) is 0 Å². The summed E-state index contributed by atoms with van der Waals surface area (Å²) in [6, 6.07) is 0. The van der Waals surface area contributed by atoms with Gasteiger partial charge in [-0.3, -0.25) is 0 Å². The molecule has 0 aliphatic rings. The topological polar surface area (TPSA) is 13.1 Å². The van der Waals surface area contributed by atoms with Crippen molar-refractivity contribution in [3.8, 4) is 0 Å². The molecule has 0 aliphatic carbocycles. The molecule has 11 heavy (non-hydrogen) atoms. The van der Waals surface area contributed by atoms with E-state index in [1.54, 1.807) is 12.3 Å². The molecule has 0 aromatic carbocycles. The highest BCUT2D eigenvalue weighted by Crippen LogP contribution is 2.18. The summed E-state index contributed by atoms with van der Waals surface area (Å²) in [6.45, 7) is 7.66. The monoisotopic (exact) mass is 148 g/mol. The summed E-state index contributed by atoms with van der Waals surface area (Å²) in [5.74, 6) is 0.848. The normalized spacial score (nSPS) is 10.7. The lowest BCUT2D eigenvalue weighted by molar-refractivity contribution is 0.555. The van der Waals surface area contributed by atoms with Gasteiger partial charge in [0.1, 0.15) is 5.76 Å². The van der Waals surface area contributed by atoms with Crippen LogP contribution in [0.3, 0.4) is 0 Å². The van der Waals surface area contributed by atoms with E-state index < -0.39 is 0 Å². The van der Waals surface area contributed by atoms with Crippen LogP contribution in [0.25, 0.3) is 12.2 Å². The lowest BCUT2D eigenvalue weighted by atomic mass is 10.1. The van der Waals surface area contributed by atoms with Gasteiger partial charge >= 0.3 is 0 Å². The van der Waals surface area contributed by atoms with Crippen molar-refractivity contribution in [2.24, 2.45) is 0 Å². The predicted molar refractivity (Wildman–Crippen MR) is 48.2 cm³/mol. The molecular weight excluding hydrogens is 136 g/mol. The Morgan fingerprint density at radius 3 is 2.82 bits per heavy atom. The van der Waals surface area contributed by atoms with Gasteiger partial charge in [-0.25, -0.2) is 0 Å². The van der Waals surface area contributed by atoms with Crippen molar-refractivity contribution in [1.82, 2.24) is 0 Å². The van der Waals surface area contributed by atoms with Crippen LogP contribution < -0.4 is 0 Å². The minimum absolute atomic E-state index is 0.848. The van der Waals surface area contributed by atoms with Crippen LogP contribution in [0, 0.1) is 6.92 Å². The smallest absolute Gasteiger partial charge is 0.133 e. The van der Waals surface area contributed by atoms with Crippen molar-refractivity contribution in [1.29, 1.82) is 0 Å². The number of rotatable bonds is 2. The van der Waals surface area contributed by atoms with Crippen molar-refractivity contribution >= 4 is 12.2 Å². The first-order valence-electron chi connectivity index (χ1n) is 3.62. The van der Waals surface area contributed by atoms with E-state index in [9.17, 15) is 0 Å². The van der Waals surface area contributed by atoms with Gasteiger partial charge in [0.05, 0.1) is 6.26 Å². The molecule has 0 radical (unpaired) electrons. The van der Waals surface area contributed by atoms with E-state index in [1.807, 2.05) is 26.0 Å². The Morgan fingerprint density at radius 1 is 1.55 bits per heavy atom. The van der Waals surface area contributed by atoms with Crippen molar-refractivity contribution in [2.45, 2.75) is 13.8 Å². The summed E-state index contributed by atoms with van der Waals surface area (Å²) in [5.41, 5.74) is 2.28. The Labute approximate surface area is 67.0 Å². The van der Waals surface area contributed by atoms with E-state index in [2.05, 4.69) is 6.58 Å². The van der Waals surface area contributed by atoms with E-state index in [-0.39, 0.29) is 0 Å². The van der Waals surface area contributed by atoms with E-state index in [1.165, 1.54) is 0 Å². The predicted octanol–water partition coefficient (Wildman–Crippen LogP) is 3.26. The standard InChI is InChI=1S/C10H12O/c1-4-6-9-8(3)7-11-10(9)5-2/h4-7H,2H2,1,3H3/b6-4-. The summed E-state index contributed by atoms with van der Waals surface area (Å²) in [7, 11) is 0. The zero-order chi connectivity index (χ0) is 8.27. The van der Waals surface area contributed by atoms with Crippen LogP contribution in [0.2, 0.25) is 0 Å². The van der Waals surface area contributed by atoms with E-state index in [0.29, 0.717) is 0 Å². The SMILES string of the molecule is C=Cc1occ(C)c1/C=C\C. The molecule has 1 heteroatoms. The first kappa shape index (κ1) is 7.86. The molecule has 0 unspecified atom stereocenters. The molecule has 1 nitrogen and oxygen atoms in total. The number of hydrogen-bond donors (Lipinski definition) is 0. The van der Waals surface area contributed by atoms with Gasteiger partial charge in [0.25, 0.3) is 0 Å². The lowest BCUT2D eigenvalue weighted by Crippen LogP contribution is -1.73. The molecule has 1 aromatic heterocycles.